The lowest BCUT2D eigenvalue weighted by Crippen LogP contribution is -2.24. The molecule has 0 saturated carbocycles. The van der Waals surface area contributed by atoms with Gasteiger partial charge in [0.25, 0.3) is 0 Å². The molecule has 0 fully saturated rings. The Bertz CT molecular complexity index is 341. The van der Waals surface area contributed by atoms with E-state index in [1.165, 1.54) is 12.1 Å². The summed E-state index contributed by atoms with van der Waals surface area (Å²) in [4.78, 5) is 0. The molecule has 0 aliphatic heterocycles. The molecule has 0 atom stereocenters. The molecular weight excluding hydrogens is 220 g/mol. The van der Waals surface area contributed by atoms with Crippen LogP contribution in [0.4, 0.5) is 8.78 Å². The van der Waals surface area contributed by atoms with Crippen molar-refractivity contribution in [3.05, 3.63) is 35.4 Å². The highest BCUT2D eigenvalue weighted by Gasteiger charge is 2.18. The van der Waals surface area contributed by atoms with Crippen LogP contribution in [0.15, 0.2) is 18.2 Å². The van der Waals surface area contributed by atoms with Crippen molar-refractivity contribution >= 4 is 0 Å². The topological polar surface area (TPSA) is 12.0 Å². The summed E-state index contributed by atoms with van der Waals surface area (Å²) < 4.78 is 26.1. The highest BCUT2D eigenvalue weighted by Crippen LogP contribution is 2.26. The third-order valence-corrected chi connectivity index (χ3v) is 2.83. The average Bonchev–Trinajstić information content (AvgIpc) is 2.14. The van der Waals surface area contributed by atoms with Crippen LogP contribution in [0, 0.1) is 17.0 Å². The van der Waals surface area contributed by atoms with E-state index < -0.39 is 11.6 Å². The number of halogens is 2. The van der Waals surface area contributed by atoms with E-state index in [2.05, 4.69) is 26.1 Å². The number of rotatable bonds is 6. The van der Waals surface area contributed by atoms with Crippen molar-refractivity contribution in [3.8, 4) is 0 Å². The van der Waals surface area contributed by atoms with Crippen LogP contribution in [-0.4, -0.2) is 13.1 Å². The third-order valence-electron chi connectivity index (χ3n) is 2.83. The summed E-state index contributed by atoms with van der Waals surface area (Å²) >= 11 is 0. The maximum Gasteiger partial charge on any atom is 0.126 e. The largest absolute Gasteiger partial charge is 0.317 e. The van der Waals surface area contributed by atoms with E-state index in [1.54, 1.807) is 0 Å². The normalized spacial score (nSPS) is 11.8. The Morgan fingerprint density at radius 2 is 1.71 bits per heavy atom. The molecule has 1 rings (SSSR count). The maximum absolute atomic E-state index is 13.1. The molecule has 96 valence electrons. The van der Waals surface area contributed by atoms with Gasteiger partial charge in [-0.25, -0.2) is 8.78 Å². The zero-order valence-electron chi connectivity index (χ0n) is 10.8. The van der Waals surface area contributed by atoms with Gasteiger partial charge in [-0.15, -0.1) is 0 Å². The molecule has 0 radical (unpaired) electrons. The van der Waals surface area contributed by atoms with Crippen molar-refractivity contribution in [2.24, 2.45) is 5.41 Å². The molecule has 17 heavy (non-hydrogen) atoms. The highest BCUT2D eigenvalue weighted by atomic mass is 19.1. The second-order valence-electron chi connectivity index (χ2n) is 5.22. The van der Waals surface area contributed by atoms with Crippen LogP contribution in [0.5, 0.6) is 0 Å². The van der Waals surface area contributed by atoms with E-state index in [1.807, 2.05) is 0 Å². The molecule has 1 nitrogen and oxygen atoms in total. The molecule has 0 amide bonds. The smallest absolute Gasteiger partial charge is 0.126 e. The average molecular weight is 241 g/mol. The van der Waals surface area contributed by atoms with Crippen LogP contribution >= 0.6 is 0 Å². The fourth-order valence-corrected chi connectivity index (χ4v) is 1.96. The zero-order valence-corrected chi connectivity index (χ0v) is 10.8. The predicted molar refractivity (Wildman–Crippen MR) is 67.0 cm³/mol. The lowest BCUT2D eigenvalue weighted by Gasteiger charge is -2.25. The van der Waals surface area contributed by atoms with E-state index in [-0.39, 0.29) is 5.41 Å². The number of hydrogen-bond donors (Lipinski definition) is 1. The molecule has 0 spiro atoms. The summed E-state index contributed by atoms with van der Waals surface area (Å²) in [7, 11) is 0. The molecule has 0 bridgehead atoms. The van der Waals surface area contributed by atoms with Crippen molar-refractivity contribution in [3.63, 3.8) is 0 Å². The molecule has 3 heteroatoms. The van der Waals surface area contributed by atoms with Gasteiger partial charge in [0.2, 0.25) is 0 Å². The lowest BCUT2D eigenvalue weighted by atomic mass is 9.82. The fraction of sp³-hybridized carbons (Fsp3) is 0.571. The van der Waals surface area contributed by atoms with Gasteiger partial charge in [-0.3, -0.25) is 0 Å². The van der Waals surface area contributed by atoms with Crippen molar-refractivity contribution < 1.29 is 8.78 Å². The summed E-state index contributed by atoms with van der Waals surface area (Å²) in [5.41, 5.74) is 0.770. The SMILES string of the molecule is CCNCCC(C)(C)Cc1cc(F)cc(F)c1. The van der Waals surface area contributed by atoms with Gasteiger partial charge in [0.05, 0.1) is 0 Å². The zero-order chi connectivity index (χ0) is 12.9. The summed E-state index contributed by atoms with van der Waals surface area (Å²) in [6.45, 7) is 8.18. The number of hydrogen-bond acceptors (Lipinski definition) is 1. The van der Waals surface area contributed by atoms with Crippen LogP contribution in [0.25, 0.3) is 0 Å². The molecule has 0 aliphatic carbocycles. The monoisotopic (exact) mass is 241 g/mol. The first-order valence-electron chi connectivity index (χ1n) is 6.08. The Kier molecular flexibility index (Phi) is 5.06. The van der Waals surface area contributed by atoms with Gasteiger partial charge in [0.1, 0.15) is 11.6 Å². The van der Waals surface area contributed by atoms with Crippen LogP contribution < -0.4 is 5.32 Å². The maximum atomic E-state index is 13.1. The predicted octanol–water partition coefficient (Wildman–Crippen LogP) is 3.53. The minimum Gasteiger partial charge on any atom is -0.317 e. The van der Waals surface area contributed by atoms with E-state index in [0.717, 1.165) is 31.1 Å². The minimum absolute atomic E-state index is 0.0441. The Hall–Kier alpha value is -0.960. The Morgan fingerprint density at radius 1 is 1.12 bits per heavy atom. The molecule has 1 aromatic rings. The quantitative estimate of drug-likeness (QED) is 0.751. The molecular formula is C14H21F2N. The molecule has 0 aliphatic rings. The summed E-state index contributed by atoms with van der Waals surface area (Å²) in [5, 5.41) is 3.26. The van der Waals surface area contributed by atoms with Gasteiger partial charge >= 0.3 is 0 Å². The minimum atomic E-state index is -0.498. The first-order chi connectivity index (χ1) is 7.93. The van der Waals surface area contributed by atoms with E-state index in [9.17, 15) is 8.78 Å². The van der Waals surface area contributed by atoms with Crippen LogP contribution in [0.2, 0.25) is 0 Å². The van der Waals surface area contributed by atoms with Gasteiger partial charge in [-0.1, -0.05) is 20.8 Å². The highest BCUT2D eigenvalue weighted by molar-refractivity contribution is 5.19. The first kappa shape index (κ1) is 14.1. The first-order valence-corrected chi connectivity index (χ1v) is 6.08. The second-order valence-corrected chi connectivity index (χ2v) is 5.22. The van der Waals surface area contributed by atoms with Gasteiger partial charge in [0.15, 0.2) is 0 Å². The molecule has 1 N–H and O–H groups in total. The number of benzene rings is 1. The van der Waals surface area contributed by atoms with Crippen molar-refractivity contribution in [2.45, 2.75) is 33.6 Å². The fourth-order valence-electron chi connectivity index (χ4n) is 1.96. The molecule has 1 aromatic carbocycles. The van der Waals surface area contributed by atoms with Crippen molar-refractivity contribution in [1.82, 2.24) is 5.32 Å². The van der Waals surface area contributed by atoms with Crippen molar-refractivity contribution in [1.29, 1.82) is 0 Å². The summed E-state index contributed by atoms with van der Waals surface area (Å²) in [6.07, 6.45) is 1.67. The second kappa shape index (κ2) is 6.10. The Balaban J connectivity index is 2.62. The van der Waals surface area contributed by atoms with E-state index in [0.29, 0.717) is 6.42 Å². The standard InChI is InChI=1S/C14H21F2N/c1-4-17-6-5-14(2,3)10-11-7-12(15)9-13(16)8-11/h7-9,17H,4-6,10H2,1-3H3. The van der Waals surface area contributed by atoms with E-state index in [4.69, 9.17) is 0 Å². The van der Waals surface area contributed by atoms with Crippen molar-refractivity contribution in [2.75, 3.05) is 13.1 Å². The van der Waals surface area contributed by atoms with Gasteiger partial charge in [-0.2, -0.15) is 0 Å². The number of nitrogens with one attached hydrogen (secondary N) is 1. The molecule has 0 unspecified atom stereocenters. The summed E-state index contributed by atoms with van der Waals surface area (Å²) in [5.74, 6) is -0.995. The lowest BCUT2D eigenvalue weighted by molar-refractivity contribution is 0.326. The third kappa shape index (κ3) is 5.26. The molecule has 0 saturated heterocycles. The van der Waals surface area contributed by atoms with Crippen LogP contribution in [0.1, 0.15) is 32.8 Å². The van der Waals surface area contributed by atoms with Crippen LogP contribution in [0.3, 0.4) is 0 Å². The van der Waals surface area contributed by atoms with E-state index >= 15 is 0 Å². The van der Waals surface area contributed by atoms with Crippen LogP contribution in [-0.2, 0) is 6.42 Å². The van der Waals surface area contributed by atoms with Gasteiger partial charge in [0, 0.05) is 6.07 Å². The Morgan fingerprint density at radius 3 is 2.24 bits per heavy atom. The molecule has 0 heterocycles. The van der Waals surface area contributed by atoms with Gasteiger partial charge < -0.3 is 5.32 Å². The summed E-state index contributed by atoms with van der Waals surface area (Å²) in [6, 6.07) is 3.74. The van der Waals surface area contributed by atoms with Gasteiger partial charge in [-0.05, 0) is 49.0 Å². The Labute approximate surface area is 102 Å². The molecule has 0 aromatic heterocycles.